The Labute approximate surface area is 125 Å². The lowest BCUT2D eigenvalue weighted by Crippen LogP contribution is -2.40. The number of nitrogens with one attached hydrogen (secondary N) is 1. The fraction of sp³-hybridized carbons (Fsp3) is 0.625. The SMILES string of the molecule is CC1(C)Cc2ccc(Cl)cc2C1NC1CCSCC1. The second kappa shape index (κ2) is 5.31. The molecule has 1 aliphatic carbocycles. The molecule has 3 rings (SSSR count). The Kier molecular flexibility index (Phi) is 3.85. The highest BCUT2D eigenvalue weighted by molar-refractivity contribution is 7.99. The maximum absolute atomic E-state index is 6.19. The highest BCUT2D eigenvalue weighted by Crippen LogP contribution is 2.46. The molecule has 1 aliphatic heterocycles. The van der Waals surface area contributed by atoms with Gasteiger partial charge in [-0.15, -0.1) is 0 Å². The fourth-order valence-electron chi connectivity index (χ4n) is 3.42. The fourth-order valence-corrected chi connectivity index (χ4v) is 4.71. The quantitative estimate of drug-likeness (QED) is 0.865. The van der Waals surface area contributed by atoms with E-state index < -0.39 is 0 Å². The van der Waals surface area contributed by atoms with Crippen LogP contribution in [0.4, 0.5) is 0 Å². The average Bonchev–Trinajstić information content (AvgIpc) is 2.62. The highest BCUT2D eigenvalue weighted by atomic mass is 35.5. The molecule has 1 atom stereocenters. The molecular weight excluding hydrogens is 274 g/mol. The topological polar surface area (TPSA) is 12.0 Å². The zero-order valence-electron chi connectivity index (χ0n) is 11.7. The van der Waals surface area contributed by atoms with Crippen molar-refractivity contribution in [3.8, 4) is 0 Å². The minimum Gasteiger partial charge on any atom is -0.307 e. The molecule has 0 radical (unpaired) electrons. The standard InChI is InChI=1S/C16H22ClNS/c1-16(2)10-11-3-4-12(17)9-14(11)15(16)18-13-5-7-19-8-6-13/h3-4,9,13,15,18H,5-8,10H2,1-2H3. The van der Waals surface area contributed by atoms with E-state index in [4.69, 9.17) is 11.6 Å². The van der Waals surface area contributed by atoms with E-state index in [1.54, 1.807) is 0 Å². The first-order valence-electron chi connectivity index (χ1n) is 7.18. The summed E-state index contributed by atoms with van der Waals surface area (Å²) >= 11 is 8.28. The minimum atomic E-state index is 0.289. The Morgan fingerprint density at radius 3 is 2.74 bits per heavy atom. The smallest absolute Gasteiger partial charge is 0.0409 e. The van der Waals surface area contributed by atoms with Gasteiger partial charge in [-0.3, -0.25) is 0 Å². The summed E-state index contributed by atoms with van der Waals surface area (Å²) in [5.74, 6) is 2.60. The summed E-state index contributed by atoms with van der Waals surface area (Å²) in [6.07, 6.45) is 3.75. The second-order valence-corrected chi connectivity index (χ2v) is 8.16. The van der Waals surface area contributed by atoms with E-state index >= 15 is 0 Å². The van der Waals surface area contributed by atoms with Gasteiger partial charge in [-0.1, -0.05) is 31.5 Å². The molecule has 1 nitrogen and oxygen atoms in total. The first kappa shape index (κ1) is 13.8. The van der Waals surface area contributed by atoms with Gasteiger partial charge in [0.1, 0.15) is 0 Å². The molecule has 2 aliphatic rings. The Hall–Kier alpha value is -0.180. The van der Waals surface area contributed by atoms with Crippen LogP contribution in [0.5, 0.6) is 0 Å². The van der Waals surface area contributed by atoms with Crippen LogP contribution in [0.3, 0.4) is 0 Å². The van der Waals surface area contributed by atoms with Crippen molar-refractivity contribution in [1.82, 2.24) is 5.32 Å². The predicted octanol–water partition coefficient (Wildman–Crippen LogP) is 4.45. The van der Waals surface area contributed by atoms with Gasteiger partial charge in [0.2, 0.25) is 0 Å². The lowest BCUT2D eigenvalue weighted by molar-refractivity contribution is 0.242. The third kappa shape index (κ3) is 2.81. The van der Waals surface area contributed by atoms with Crippen LogP contribution in [0.25, 0.3) is 0 Å². The molecule has 1 heterocycles. The van der Waals surface area contributed by atoms with Gasteiger partial charge in [0.25, 0.3) is 0 Å². The molecule has 0 aromatic heterocycles. The van der Waals surface area contributed by atoms with E-state index in [1.165, 1.54) is 35.5 Å². The number of hydrogen-bond donors (Lipinski definition) is 1. The highest BCUT2D eigenvalue weighted by Gasteiger charge is 2.39. The Balaban J connectivity index is 1.84. The molecule has 1 saturated heterocycles. The lowest BCUT2D eigenvalue weighted by Gasteiger charge is -2.34. The number of halogens is 1. The number of thioether (sulfide) groups is 1. The van der Waals surface area contributed by atoms with E-state index in [9.17, 15) is 0 Å². The number of rotatable bonds is 2. The van der Waals surface area contributed by atoms with Crippen molar-refractivity contribution in [2.45, 2.75) is 45.2 Å². The summed E-state index contributed by atoms with van der Waals surface area (Å²) in [4.78, 5) is 0. The first-order valence-corrected chi connectivity index (χ1v) is 8.72. The Morgan fingerprint density at radius 2 is 2.00 bits per heavy atom. The van der Waals surface area contributed by atoms with Gasteiger partial charge in [-0.25, -0.2) is 0 Å². The molecule has 1 aromatic carbocycles. The van der Waals surface area contributed by atoms with Gasteiger partial charge in [-0.2, -0.15) is 11.8 Å². The Morgan fingerprint density at radius 1 is 1.26 bits per heavy atom. The third-order valence-electron chi connectivity index (χ3n) is 4.47. The molecule has 0 amide bonds. The van der Waals surface area contributed by atoms with Crippen molar-refractivity contribution in [2.75, 3.05) is 11.5 Å². The van der Waals surface area contributed by atoms with Crippen LogP contribution in [0, 0.1) is 5.41 Å². The van der Waals surface area contributed by atoms with Crippen molar-refractivity contribution in [2.24, 2.45) is 5.41 Å². The van der Waals surface area contributed by atoms with Gasteiger partial charge in [0.05, 0.1) is 0 Å². The number of hydrogen-bond acceptors (Lipinski definition) is 2. The monoisotopic (exact) mass is 295 g/mol. The zero-order chi connectivity index (χ0) is 13.5. The molecule has 1 fully saturated rings. The minimum absolute atomic E-state index is 0.289. The molecular formula is C16H22ClNS. The van der Waals surface area contributed by atoms with Crippen LogP contribution in [0.1, 0.15) is 43.9 Å². The average molecular weight is 296 g/mol. The molecule has 0 spiro atoms. The summed E-state index contributed by atoms with van der Waals surface area (Å²) in [5.41, 5.74) is 3.19. The normalized spacial score (nSPS) is 26.4. The van der Waals surface area contributed by atoms with Crippen LogP contribution in [0.15, 0.2) is 18.2 Å². The molecule has 3 heteroatoms. The van der Waals surface area contributed by atoms with Gasteiger partial charge >= 0.3 is 0 Å². The zero-order valence-corrected chi connectivity index (χ0v) is 13.3. The van der Waals surface area contributed by atoms with Crippen molar-refractivity contribution in [3.05, 3.63) is 34.3 Å². The summed E-state index contributed by atoms with van der Waals surface area (Å²) in [7, 11) is 0. The van der Waals surface area contributed by atoms with Crippen LogP contribution >= 0.6 is 23.4 Å². The molecule has 1 aromatic rings. The van der Waals surface area contributed by atoms with Crippen LogP contribution in [-0.2, 0) is 6.42 Å². The van der Waals surface area contributed by atoms with E-state index in [0.29, 0.717) is 12.1 Å². The van der Waals surface area contributed by atoms with Gasteiger partial charge in [-0.05, 0) is 59.4 Å². The third-order valence-corrected chi connectivity index (χ3v) is 5.75. The largest absolute Gasteiger partial charge is 0.307 e. The van der Waals surface area contributed by atoms with Crippen LogP contribution in [-0.4, -0.2) is 17.5 Å². The molecule has 104 valence electrons. The van der Waals surface area contributed by atoms with Crippen LogP contribution in [0.2, 0.25) is 5.02 Å². The molecule has 0 saturated carbocycles. The molecule has 1 unspecified atom stereocenters. The maximum atomic E-state index is 6.19. The molecule has 19 heavy (non-hydrogen) atoms. The van der Waals surface area contributed by atoms with Crippen molar-refractivity contribution >= 4 is 23.4 Å². The van der Waals surface area contributed by atoms with Gasteiger partial charge in [0, 0.05) is 17.1 Å². The van der Waals surface area contributed by atoms with Gasteiger partial charge < -0.3 is 5.32 Å². The summed E-state index contributed by atoms with van der Waals surface area (Å²) in [5, 5.41) is 4.78. The second-order valence-electron chi connectivity index (χ2n) is 6.49. The first-order chi connectivity index (χ1) is 9.06. The summed E-state index contributed by atoms with van der Waals surface area (Å²) < 4.78 is 0. The summed E-state index contributed by atoms with van der Waals surface area (Å²) in [6, 6.07) is 7.53. The van der Waals surface area contributed by atoms with Crippen molar-refractivity contribution < 1.29 is 0 Å². The van der Waals surface area contributed by atoms with Crippen molar-refractivity contribution in [1.29, 1.82) is 0 Å². The van der Waals surface area contributed by atoms with E-state index in [-0.39, 0.29) is 5.41 Å². The molecule has 0 bridgehead atoms. The lowest BCUT2D eigenvalue weighted by atomic mass is 9.84. The molecule has 1 N–H and O–H groups in total. The number of benzene rings is 1. The van der Waals surface area contributed by atoms with E-state index in [2.05, 4.69) is 43.1 Å². The number of fused-ring (bicyclic) bond motifs is 1. The van der Waals surface area contributed by atoms with E-state index in [1.807, 2.05) is 6.07 Å². The van der Waals surface area contributed by atoms with E-state index in [0.717, 1.165) is 11.4 Å². The van der Waals surface area contributed by atoms with Crippen LogP contribution < -0.4 is 5.32 Å². The van der Waals surface area contributed by atoms with Gasteiger partial charge in [0.15, 0.2) is 0 Å². The predicted molar refractivity (Wildman–Crippen MR) is 85.2 cm³/mol. The van der Waals surface area contributed by atoms with Crippen molar-refractivity contribution in [3.63, 3.8) is 0 Å². The summed E-state index contributed by atoms with van der Waals surface area (Å²) in [6.45, 7) is 4.74. The maximum Gasteiger partial charge on any atom is 0.0409 e. The Bertz CT molecular complexity index is 466.